The normalized spacial score (nSPS) is 11.9. The van der Waals surface area contributed by atoms with E-state index in [4.69, 9.17) is 22.4 Å². The van der Waals surface area contributed by atoms with Crippen LogP contribution in [0.15, 0.2) is 0 Å². The van der Waals surface area contributed by atoms with E-state index in [1.807, 2.05) is 0 Å². The molecule has 6 nitrogen and oxygen atoms in total. The lowest BCUT2D eigenvalue weighted by atomic mass is 9.98. The SMILES string of the molecule is [C-]#[N+]/C(C#N)=c1\nc2c(F)c3c(F)c(F)c4c(F)c5nc(=C(C#N)C#N)sc5c(F)c4c3c(F)c2s1. The number of thiazole rings is 2. The maximum Gasteiger partial charge on any atom is 0.296 e. The van der Waals surface area contributed by atoms with E-state index in [2.05, 4.69) is 14.8 Å². The van der Waals surface area contributed by atoms with Gasteiger partial charge in [0.15, 0.2) is 40.5 Å². The van der Waals surface area contributed by atoms with Crippen molar-refractivity contribution >= 4 is 75.9 Å². The lowest BCUT2D eigenvalue weighted by Crippen LogP contribution is -2.03. The molecular formula is C22F6N6S2. The predicted octanol–water partition coefficient (Wildman–Crippen LogP) is 4.80. The number of nitriles is 3. The zero-order chi connectivity index (χ0) is 26.0. The Morgan fingerprint density at radius 1 is 0.639 bits per heavy atom. The van der Waals surface area contributed by atoms with Crippen LogP contribution in [0.25, 0.3) is 58.1 Å². The fraction of sp³-hybridized carbons (Fsp3) is 0. The number of aromatic nitrogens is 2. The summed E-state index contributed by atoms with van der Waals surface area (Å²) >= 11 is 0.673. The van der Waals surface area contributed by atoms with Crippen molar-refractivity contribution in [3.8, 4) is 18.2 Å². The second-order valence-corrected chi connectivity index (χ2v) is 8.95. The van der Waals surface area contributed by atoms with Crippen LogP contribution in [0.4, 0.5) is 26.3 Å². The van der Waals surface area contributed by atoms with Crippen LogP contribution < -0.4 is 9.33 Å². The zero-order valence-corrected chi connectivity index (χ0v) is 18.4. The molecule has 5 rings (SSSR count). The Morgan fingerprint density at radius 2 is 1.08 bits per heavy atom. The fourth-order valence-electron chi connectivity index (χ4n) is 3.69. The average molecular weight is 526 g/mol. The zero-order valence-electron chi connectivity index (χ0n) is 16.8. The smallest absolute Gasteiger partial charge is 0.244 e. The number of hydrogen-bond acceptors (Lipinski definition) is 7. The number of benzene rings is 3. The van der Waals surface area contributed by atoms with Crippen molar-refractivity contribution in [2.75, 3.05) is 0 Å². The number of fused-ring (bicyclic) bond motifs is 5. The van der Waals surface area contributed by atoms with Gasteiger partial charge in [-0.05, 0) is 0 Å². The van der Waals surface area contributed by atoms with Crippen molar-refractivity contribution in [3.05, 3.63) is 55.6 Å². The minimum absolute atomic E-state index is 0.334. The van der Waals surface area contributed by atoms with E-state index in [-0.39, 0.29) is 0 Å². The van der Waals surface area contributed by atoms with Crippen molar-refractivity contribution < 1.29 is 26.3 Å². The molecule has 3 aromatic carbocycles. The number of nitrogens with zero attached hydrogens (tertiary/aromatic N) is 6. The molecule has 0 spiro atoms. The highest BCUT2D eigenvalue weighted by atomic mass is 32.1. The molecule has 0 radical (unpaired) electrons. The van der Waals surface area contributed by atoms with Gasteiger partial charge in [0.05, 0.1) is 32.8 Å². The Hall–Kier alpha value is -4.76. The minimum atomic E-state index is -2.03. The first-order chi connectivity index (χ1) is 17.2. The molecule has 5 aromatic rings. The second-order valence-electron chi connectivity index (χ2n) is 6.95. The van der Waals surface area contributed by atoms with Crippen LogP contribution in [0.5, 0.6) is 0 Å². The van der Waals surface area contributed by atoms with Crippen LogP contribution in [0.3, 0.4) is 0 Å². The van der Waals surface area contributed by atoms with Crippen LogP contribution in [-0.4, -0.2) is 9.97 Å². The van der Waals surface area contributed by atoms with Gasteiger partial charge in [0, 0.05) is 10.8 Å². The van der Waals surface area contributed by atoms with Crippen molar-refractivity contribution in [2.24, 2.45) is 0 Å². The van der Waals surface area contributed by atoms with Gasteiger partial charge >= 0.3 is 0 Å². The largest absolute Gasteiger partial charge is 0.296 e. The van der Waals surface area contributed by atoms with E-state index in [9.17, 15) is 0 Å². The highest BCUT2D eigenvalue weighted by Crippen LogP contribution is 2.43. The summed E-state index contributed by atoms with van der Waals surface area (Å²) in [5.74, 6) is -10.3. The lowest BCUT2D eigenvalue weighted by Gasteiger charge is -2.12. The van der Waals surface area contributed by atoms with E-state index in [1.54, 1.807) is 0 Å². The molecule has 0 aliphatic rings. The Bertz CT molecular complexity index is 1980. The summed E-state index contributed by atoms with van der Waals surface area (Å²) < 4.78 is 90.0. The first-order valence-corrected chi connectivity index (χ1v) is 10.8. The Labute approximate surface area is 201 Å². The van der Waals surface area contributed by atoms with Crippen LogP contribution >= 0.6 is 22.7 Å². The Balaban J connectivity index is 2.15. The highest BCUT2D eigenvalue weighted by Gasteiger charge is 2.31. The van der Waals surface area contributed by atoms with Gasteiger partial charge in [0.25, 0.3) is 5.70 Å². The van der Waals surface area contributed by atoms with Crippen LogP contribution in [0.1, 0.15) is 0 Å². The molecule has 0 saturated heterocycles. The molecule has 2 aromatic heterocycles. The van der Waals surface area contributed by atoms with E-state index in [0.717, 1.165) is 0 Å². The van der Waals surface area contributed by atoms with Crippen molar-refractivity contribution in [1.82, 2.24) is 9.97 Å². The van der Waals surface area contributed by atoms with Gasteiger partial charge in [0.1, 0.15) is 32.5 Å². The summed E-state index contributed by atoms with van der Waals surface area (Å²) in [6.45, 7) is 6.98. The predicted molar refractivity (Wildman–Crippen MR) is 117 cm³/mol. The first-order valence-electron chi connectivity index (χ1n) is 9.21. The number of hydrogen-bond donors (Lipinski definition) is 0. The molecule has 36 heavy (non-hydrogen) atoms. The summed E-state index contributed by atoms with van der Waals surface area (Å²) in [6.07, 6.45) is 0. The van der Waals surface area contributed by atoms with Gasteiger partial charge in [0.2, 0.25) is 0 Å². The number of halogens is 6. The summed E-state index contributed by atoms with van der Waals surface area (Å²) in [4.78, 5) is 10.2. The number of rotatable bonds is 0. The fourth-order valence-corrected chi connectivity index (χ4v) is 5.58. The van der Waals surface area contributed by atoms with Gasteiger partial charge in [-0.25, -0.2) is 46.4 Å². The van der Waals surface area contributed by atoms with Crippen LogP contribution in [0.2, 0.25) is 0 Å². The van der Waals surface area contributed by atoms with E-state index in [0.29, 0.717) is 22.7 Å². The topological polar surface area (TPSA) is 102 Å². The van der Waals surface area contributed by atoms with E-state index >= 15 is 26.3 Å². The molecule has 0 saturated carbocycles. The lowest BCUT2D eigenvalue weighted by molar-refractivity contribution is 0.514. The molecule has 2 heterocycles. The molecule has 0 fully saturated rings. The molecule has 172 valence electrons. The third-order valence-corrected chi connectivity index (χ3v) is 7.31. The average Bonchev–Trinajstić information content (AvgIpc) is 3.50. The van der Waals surface area contributed by atoms with Gasteiger partial charge < -0.3 is 0 Å². The molecule has 0 unspecified atom stereocenters. The quantitative estimate of drug-likeness (QED) is 0.164. The second kappa shape index (κ2) is 7.89. The Morgan fingerprint density at radius 3 is 1.50 bits per heavy atom. The maximum absolute atomic E-state index is 15.7. The van der Waals surface area contributed by atoms with Crippen LogP contribution in [0, 0.1) is 75.5 Å². The molecule has 14 heteroatoms. The summed E-state index contributed by atoms with van der Waals surface area (Å²) in [5, 5.41) is 22.1. The van der Waals surface area contributed by atoms with Crippen molar-refractivity contribution in [3.63, 3.8) is 0 Å². The minimum Gasteiger partial charge on any atom is -0.244 e. The van der Waals surface area contributed by atoms with Gasteiger partial charge in [-0.1, -0.05) is 0 Å². The third kappa shape index (κ3) is 2.80. The molecule has 0 aliphatic carbocycles. The molecule has 0 amide bonds. The third-order valence-electron chi connectivity index (χ3n) is 5.19. The summed E-state index contributed by atoms with van der Waals surface area (Å²) in [6, 6.07) is 4.45. The maximum atomic E-state index is 15.7. The first kappa shape index (κ1) is 23.0. The van der Waals surface area contributed by atoms with Crippen molar-refractivity contribution in [1.29, 1.82) is 15.8 Å². The standard InChI is InChI=1S/C22F6N6S2/c1-32-6(4-31)22-34-18-14(26)10-8(16(28)20(18)36-22)7-9(11(23)12(10)24)13(25)17-19(15(7)27)35-21(33-17)5(2-29)3-30/b22-6+. The summed E-state index contributed by atoms with van der Waals surface area (Å²) in [5.41, 5.74) is -2.92. The van der Waals surface area contributed by atoms with E-state index < -0.39 is 97.5 Å². The molecule has 0 aliphatic heterocycles. The monoisotopic (exact) mass is 526 g/mol. The summed E-state index contributed by atoms with van der Waals surface area (Å²) in [7, 11) is 0. The van der Waals surface area contributed by atoms with Gasteiger partial charge in [-0.3, -0.25) is 0 Å². The molecule has 0 atom stereocenters. The van der Waals surface area contributed by atoms with E-state index in [1.165, 1.54) is 18.2 Å². The molecular weight excluding hydrogens is 526 g/mol. The van der Waals surface area contributed by atoms with Crippen molar-refractivity contribution in [2.45, 2.75) is 0 Å². The van der Waals surface area contributed by atoms with Crippen LogP contribution in [-0.2, 0) is 0 Å². The molecule has 0 bridgehead atoms. The highest BCUT2D eigenvalue weighted by molar-refractivity contribution is 7.17. The van der Waals surface area contributed by atoms with Gasteiger partial charge in [-0.15, -0.1) is 22.7 Å². The Kier molecular flexibility index (Phi) is 5.04. The molecule has 0 N–H and O–H groups in total. The van der Waals surface area contributed by atoms with Gasteiger partial charge in [-0.2, -0.15) is 10.5 Å².